The highest BCUT2D eigenvalue weighted by atomic mass is 79.9. The fourth-order valence-corrected chi connectivity index (χ4v) is 1.88. The van der Waals surface area contributed by atoms with E-state index >= 15 is 0 Å². The van der Waals surface area contributed by atoms with Gasteiger partial charge < -0.3 is 10.1 Å². The minimum Gasteiger partial charge on any atom is -0.497 e. The monoisotopic (exact) mass is 326 g/mol. The average molecular weight is 327 g/mol. The summed E-state index contributed by atoms with van der Waals surface area (Å²) in [5.74, 6) is 0.478. The third-order valence-corrected chi connectivity index (χ3v) is 3.14. The van der Waals surface area contributed by atoms with Gasteiger partial charge in [-0.1, -0.05) is 5.11 Å². The van der Waals surface area contributed by atoms with E-state index in [2.05, 4.69) is 31.3 Å². The van der Waals surface area contributed by atoms with Crippen molar-refractivity contribution in [3.05, 3.63) is 38.7 Å². The van der Waals surface area contributed by atoms with Gasteiger partial charge in [-0.25, -0.2) is 0 Å². The molecule has 6 nitrogen and oxygen atoms in total. The lowest BCUT2D eigenvalue weighted by Gasteiger charge is -2.08. The molecule has 0 fully saturated rings. The Morgan fingerprint density at radius 1 is 1.53 bits per heavy atom. The first-order valence-electron chi connectivity index (χ1n) is 5.81. The fourth-order valence-electron chi connectivity index (χ4n) is 1.45. The maximum Gasteiger partial charge on any atom is 0.252 e. The van der Waals surface area contributed by atoms with Crippen molar-refractivity contribution in [3.8, 4) is 5.75 Å². The first kappa shape index (κ1) is 15.3. The van der Waals surface area contributed by atoms with Gasteiger partial charge in [0.25, 0.3) is 5.91 Å². The topological polar surface area (TPSA) is 87.1 Å². The van der Waals surface area contributed by atoms with Crippen LogP contribution in [0.4, 0.5) is 0 Å². The van der Waals surface area contributed by atoms with Gasteiger partial charge in [0.1, 0.15) is 5.75 Å². The van der Waals surface area contributed by atoms with Crippen LogP contribution in [0.25, 0.3) is 10.4 Å². The van der Waals surface area contributed by atoms with E-state index in [-0.39, 0.29) is 5.91 Å². The maximum atomic E-state index is 11.9. The third-order valence-electron chi connectivity index (χ3n) is 2.45. The molecule has 0 heterocycles. The first-order valence-corrected chi connectivity index (χ1v) is 6.61. The third kappa shape index (κ3) is 5.19. The van der Waals surface area contributed by atoms with Crippen LogP contribution in [0.2, 0.25) is 0 Å². The summed E-state index contributed by atoms with van der Waals surface area (Å²) in [6.07, 6.45) is 1.52. The number of nitrogens with one attached hydrogen (secondary N) is 1. The zero-order valence-electron chi connectivity index (χ0n) is 10.6. The molecule has 0 radical (unpaired) electrons. The zero-order chi connectivity index (χ0) is 14.1. The van der Waals surface area contributed by atoms with E-state index in [1.165, 1.54) is 0 Å². The molecule has 0 aliphatic heterocycles. The minimum absolute atomic E-state index is 0.158. The number of unbranched alkanes of at least 4 members (excludes halogenated alkanes) is 1. The summed E-state index contributed by atoms with van der Waals surface area (Å²) in [6.45, 7) is 0.999. The van der Waals surface area contributed by atoms with Crippen LogP contribution in [0.5, 0.6) is 5.75 Å². The number of ether oxygens (including phenoxy) is 1. The summed E-state index contributed by atoms with van der Waals surface area (Å²) in [5, 5.41) is 6.24. The molecular formula is C12H15BrN4O2. The van der Waals surface area contributed by atoms with Gasteiger partial charge in [-0.2, -0.15) is 0 Å². The fraction of sp³-hybridized carbons (Fsp3) is 0.417. The highest BCUT2D eigenvalue weighted by molar-refractivity contribution is 9.10. The number of carbonyl (C=O) groups excluding carboxylic acids is 1. The van der Waals surface area contributed by atoms with Gasteiger partial charge in [-0.3, -0.25) is 4.79 Å². The largest absolute Gasteiger partial charge is 0.497 e. The molecule has 1 aromatic carbocycles. The quantitative estimate of drug-likeness (QED) is 0.360. The SMILES string of the molecule is COc1ccc(Br)c(C(=O)NCCCCN=[N+]=[N-])c1. The first-order chi connectivity index (χ1) is 9.19. The number of azide groups is 1. The molecule has 0 aliphatic rings. The van der Waals surface area contributed by atoms with Crippen LogP contribution in [-0.2, 0) is 0 Å². The molecule has 0 unspecified atom stereocenters. The number of hydrogen-bond donors (Lipinski definition) is 1. The summed E-state index contributed by atoms with van der Waals surface area (Å²) >= 11 is 3.33. The summed E-state index contributed by atoms with van der Waals surface area (Å²) in [5.41, 5.74) is 8.65. The maximum absolute atomic E-state index is 11.9. The van der Waals surface area contributed by atoms with Crippen molar-refractivity contribution < 1.29 is 9.53 Å². The molecule has 0 saturated carbocycles. The van der Waals surface area contributed by atoms with E-state index in [0.29, 0.717) is 24.4 Å². The number of halogens is 1. The summed E-state index contributed by atoms with van der Waals surface area (Å²) in [4.78, 5) is 14.6. The molecule has 0 spiro atoms. The predicted octanol–water partition coefficient (Wildman–Crippen LogP) is 3.28. The molecule has 0 bridgehead atoms. The van der Waals surface area contributed by atoms with Crippen molar-refractivity contribution in [2.24, 2.45) is 5.11 Å². The second kappa shape index (κ2) is 8.39. The molecule has 19 heavy (non-hydrogen) atoms. The minimum atomic E-state index is -0.158. The van der Waals surface area contributed by atoms with Crippen LogP contribution in [-0.4, -0.2) is 26.1 Å². The van der Waals surface area contributed by atoms with Crippen molar-refractivity contribution >= 4 is 21.8 Å². The second-order valence-electron chi connectivity index (χ2n) is 3.76. The Balaban J connectivity index is 2.47. The number of benzene rings is 1. The average Bonchev–Trinajstić information content (AvgIpc) is 2.43. The Bertz CT molecular complexity index is 487. The summed E-state index contributed by atoms with van der Waals surface area (Å²) in [6, 6.07) is 5.23. The smallest absolute Gasteiger partial charge is 0.252 e. The second-order valence-corrected chi connectivity index (χ2v) is 4.62. The van der Waals surface area contributed by atoms with Gasteiger partial charge >= 0.3 is 0 Å². The van der Waals surface area contributed by atoms with Crippen LogP contribution >= 0.6 is 15.9 Å². The molecule has 0 aromatic heterocycles. The van der Waals surface area contributed by atoms with Gasteiger partial charge in [0, 0.05) is 22.5 Å². The number of rotatable bonds is 7. The van der Waals surface area contributed by atoms with Crippen molar-refractivity contribution in [3.63, 3.8) is 0 Å². The number of amides is 1. The molecule has 1 aromatic rings. The highest BCUT2D eigenvalue weighted by Gasteiger charge is 2.10. The van der Waals surface area contributed by atoms with Crippen LogP contribution in [0.3, 0.4) is 0 Å². The molecule has 1 amide bonds. The normalized spacial score (nSPS) is 9.58. The lowest BCUT2D eigenvalue weighted by Crippen LogP contribution is -2.24. The number of methoxy groups -OCH3 is 1. The Morgan fingerprint density at radius 2 is 2.32 bits per heavy atom. The molecule has 1 rings (SSSR count). The molecule has 0 atom stereocenters. The van der Waals surface area contributed by atoms with Crippen LogP contribution in [0.1, 0.15) is 23.2 Å². The molecule has 7 heteroatoms. The van der Waals surface area contributed by atoms with E-state index in [1.807, 2.05) is 0 Å². The number of hydrogen-bond acceptors (Lipinski definition) is 3. The Labute approximate surface area is 119 Å². The van der Waals surface area contributed by atoms with Gasteiger partial charge in [-0.05, 0) is 52.5 Å². The zero-order valence-corrected chi connectivity index (χ0v) is 12.2. The molecule has 102 valence electrons. The summed E-state index contributed by atoms with van der Waals surface area (Å²) in [7, 11) is 1.56. The van der Waals surface area contributed by atoms with Gasteiger partial charge in [0.15, 0.2) is 0 Å². The van der Waals surface area contributed by atoms with Crippen LogP contribution in [0, 0.1) is 0 Å². The van der Waals surface area contributed by atoms with E-state index < -0.39 is 0 Å². The lowest BCUT2D eigenvalue weighted by atomic mass is 10.2. The molecular weight excluding hydrogens is 312 g/mol. The predicted molar refractivity (Wildman–Crippen MR) is 76.3 cm³/mol. The van der Waals surface area contributed by atoms with E-state index in [0.717, 1.165) is 17.3 Å². The standard InChI is InChI=1S/C12H15BrN4O2/c1-19-9-4-5-11(13)10(8-9)12(18)15-6-2-3-7-16-17-14/h4-5,8H,2-3,6-7H2,1H3,(H,15,18). The van der Waals surface area contributed by atoms with Crippen molar-refractivity contribution in [2.75, 3.05) is 20.2 Å². The van der Waals surface area contributed by atoms with E-state index in [1.54, 1.807) is 25.3 Å². The Kier molecular flexibility index (Phi) is 6.78. The molecule has 1 N–H and O–H groups in total. The highest BCUT2D eigenvalue weighted by Crippen LogP contribution is 2.22. The summed E-state index contributed by atoms with van der Waals surface area (Å²) < 4.78 is 5.80. The van der Waals surface area contributed by atoms with E-state index in [4.69, 9.17) is 10.3 Å². The van der Waals surface area contributed by atoms with Crippen LogP contribution in [0.15, 0.2) is 27.8 Å². The van der Waals surface area contributed by atoms with Crippen molar-refractivity contribution in [2.45, 2.75) is 12.8 Å². The Morgan fingerprint density at radius 3 is 3.00 bits per heavy atom. The lowest BCUT2D eigenvalue weighted by molar-refractivity contribution is 0.0952. The number of nitrogens with zero attached hydrogens (tertiary/aromatic N) is 3. The van der Waals surface area contributed by atoms with Gasteiger partial charge in [0.05, 0.1) is 12.7 Å². The van der Waals surface area contributed by atoms with Gasteiger partial charge in [-0.15, -0.1) is 0 Å². The molecule has 0 aliphatic carbocycles. The van der Waals surface area contributed by atoms with E-state index in [9.17, 15) is 4.79 Å². The van der Waals surface area contributed by atoms with Gasteiger partial charge in [0.2, 0.25) is 0 Å². The van der Waals surface area contributed by atoms with Crippen molar-refractivity contribution in [1.29, 1.82) is 0 Å². The Hall–Kier alpha value is -1.72. The number of carbonyl (C=O) groups is 1. The molecule has 0 saturated heterocycles. The van der Waals surface area contributed by atoms with Crippen LogP contribution < -0.4 is 10.1 Å². The van der Waals surface area contributed by atoms with Crippen molar-refractivity contribution in [1.82, 2.24) is 5.32 Å².